The van der Waals surface area contributed by atoms with Crippen LogP contribution in [-0.4, -0.2) is 529 Å². The van der Waals surface area contributed by atoms with Crippen molar-refractivity contribution in [2.24, 2.45) is 0 Å². The van der Waals surface area contributed by atoms with E-state index in [2.05, 4.69) is 16.0 Å². The number of rotatable bonds is 62. The zero-order valence-corrected chi connectivity index (χ0v) is 60.2. The number of nitrogens with one attached hydrogen (secondary N) is 3. The van der Waals surface area contributed by atoms with Gasteiger partial charge in [0.15, 0.2) is 12.6 Å². The van der Waals surface area contributed by atoms with Crippen LogP contribution in [0.3, 0.4) is 0 Å². The third-order valence-electron chi connectivity index (χ3n) is 16.6. The van der Waals surface area contributed by atoms with Gasteiger partial charge in [0.1, 0.15) is 67.0 Å². The molecule has 0 aromatic heterocycles. The quantitative estimate of drug-likeness (QED) is 0.0269. The van der Waals surface area contributed by atoms with Crippen LogP contribution in [-0.2, 0) is 90.9 Å². The molecule has 0 aromatic rings. The van der Waals surface area contributed by atoms with Crippen molar-refractivity contribution in [3.05, 3.63) is 0 Å². The molecule has 2 rings (SSSR count). The second-order valence-corrected chi connectivity index (χ2v) is 25.7. The molecule has 0 aromatic carbocycles. The lowest BCUT2D eigenvalue weighted by atomic mass is 9.94. The summed E-state index contributed by atoms with van der Waals surface area (Å²) in [6, 6.07) is -6.50. The Morgan fingerprint density at radius 3 is 0.857 bits per heavy atom. The van der Waals surface area contributed by atoms with Crippen LogP contribution in [0.4, 0.5) is 0 Å². The van der Waals surface area contributed by atoms with E-state index in [-0.39, 0.29) is 45.8 Å². The number of aliphatic hydroxyl groups excluding tert-OH is 9. The van der Waals surface area contributed by atoms with Crippen LogP contribution in [0.15, 0.2) is 0 Å². The number of carboxylic acid groups (broad SMARTS) is 12. The SMILES string of the molecule is O=C(O)CN(CCN(CC(=O)O)CC(=O)O)CCN(CC(=O)O)CC(=O)N[C@H]1[C@@H](O[C@@H]([C@H](O)[C@@H](CO)NC(=O)CN(CCN(CCN(CC(=O)O)CC(=O)O)CC(=O)O)CC(=O)O)[C@H](O)CO)O[C@H](CO)[C@@H](O[C@@H]2O[C@H](CO)[C@@H](O)[C@H](O)[C@H]2NC(=O)CN(CCN(CCN(CC(=O)O)CC(=O)O)CC(=O)O)CC(=O)O)[C@@H]1O. The second-order valence-electron chi connectivity index (χ2n) is 25.7. The second kappa shape index (κ2) is 51.0. The average molecular weight is 1630 g/mol. The van der Waals surface area contributed by atoms with Gasteiger partial charge in [-0.15, -0.1) is 0 Å². The molecule has 52 heteroatoms. The molecule has 24 N–H and O–H groups in total. The molecule has 0 aliphatic carbocycles. The fourth-order valence-electron chi connectivity index (χ4n) is 11.5. The molecule has 2 aliphatic rings. The van der Waals surface area contributed by atoms with Crippen LogP contribution in [0.25, 0.3) is 0 Å². The molecule has 0 radical (unpaired) electrons. The first kappa shape index (κ1) is 99.2. The van der Waals surface area contributed by atoms with Gasteiger partial charge in [-0.1, -0.05) is 0 Å². The van der Waals surface area contributed by atoms with Crippen molar-refractivity contribution in [1.29, 1.82) is 0 Å². The van der Waals surface area contributed by atoms with E-state index in [0.717, 1.165) is 44.1 Å². The summed E-state index contributed by atoms with van der Waals surface area (Å²) < 4.78 is 23.8. The predicted octanol–water partition coefficient (Wildman–Crippen LogP) is -15.8. The van der Waals surface area contributed by atoms with Crippen molar-refractivity contribution < 1.29 is 198 Å². The summed E-state index contributed by atoms with van der Waals surface area (Å²) in [6.45, 7) is -23.2. The third-order valence-corrected chi connectivity index (χ3v) is 16.6. The molecular formula is C60H100N12O40. The van der Waals surface area contributed by atoms with Gasteiger partial charge in [0, 0.05) is 78.5 Å². The van der Waals surface area contributed by atoms with Crippen molar-refractivity contribution >= 4 is 89.4 Å². The topological polar surface area (TPSA) is 783 Å². The maximum Gasteiger partial charge on any atom is 0.317 e. The molecule has 640 valence electrons. The molecule has 112 heavy (non-hydrogen) atoms. The first-order chi connectivity index (χ1) is 52.5. The van der Waals surface area contributed by atoms with E-state index in [1.807, 2.05) is 0 Å². The highest BCUT2D eigenvalue weighted by molar-refractivity contribution is 5.81. The number of aliphatic carboxylic acids is 12. The summed E-state index contributed by atoms with van der Waals surface area (Å²) in [4.78, 5) is 192. The largest absolute Gasteiger partial charge is 0.480 e. The first-order valence-electron chi connectivity index (χ1n) is 33.9. The van der Waals surface area contributed by atoms with Gasteiger partial charge in [-0.3, -0.25) is 116 Å². The van der Waals surface area contributed by atoms with E-state index in [4.69, 9.17) is 18.9 Å². The smallest absolute Gasteiger partial charge is 0.317 e. The molecule has 2 saturated heterocycles. The van der Waals surface area contributed by atoms with Gasteiger partial charge in [-0.25, -0.2) is 0 Å². The Morgan fingerprint density at radius 1 is 0.321 bits per heavy atom. The first-order valence-corrected chi connectivity index (χ1v) is 33.9. The monoisotopic (exact) mass is 1630 g/mol. The summed E-state index contributed by atoms with van der Waals surface area (Å²) in [6.07, 6.45) is -25.3. The highest BCUT2D eigenvalue weighted by Crippen LogP contribution is 2.31. The molecule has 0 bridgehead atoms. The lowest BCUT2D eigenvalue weighted by molar-refractivity contribution is -0.341. The summed E-state index contributed by atoms with van der Waals surface area (Å²) in [5.74, 6) is -21.6. The van der Waals surface area contributed by atoms with Crippen molar-refractivity contribution in [2.45, 2.75) is 85.6 Å². The molecule has 2 aliphatic heterocycles. The predicted molar refractivity (Wildman–Crippen MR) is 361 cm³/mol. The molecular weight excluding hydrogens is 1530 g/mol. The molecule has 3 amide bonds. The lowest BCUT2D eigenvalue weighted by Crippen LogP contribution is -2.70. The average Bonchev–Trinajstić information content (AvgIpc) is 0.773. The summed E-state index contributed by atoms with van der Waals surface area (Å²) >= 11 is 0. The Bertz CT molecular complexity index is 3050. The molecule has 2 fully saturated rings. The van der Waals surface area contributed by atoms with Crippen LogP contribution in [0, 0.1) is 0 Å². The van der Waals surface area contributed by atoms with E-state index in [9.17, 15) is 179 Å². The number of aliphatic hydroxyl groups is 9. The van der Waals surface area contributed by atoms with Gasteiger partial charge < -0.3 is 142 Å². The van der Waals surface area contributed by atoms with Gasteiger partial charge >= 0.3 is 71.6 Å². The van der Waals surface area contributed by atoms with Crippen LogP contribution in [0.1, 0.15) is 0 Å². The summed E-state index contributed by atoms with van der Waals surface area (Å²) in [5.41, 5.74) is 0. The van der Waals surface area contributed by atoms with Crippen molar-refractivity contribution in [3.8, 4) is 0 Å². The number of nitrogens with zero attached hydrogens (tertiary/aromatic N) is 9. The van der Waals surface area contributed by atoms with Crippen molar-refractivity contribution in [3.63, 3.8) is 0 Å². The van der Waals surface area contributed by atoms with E-state index in [1.54, 1.807) is 0 Å². The number of amides is 3. The molecule has 0 spiro atoms. The molecule has 14 atom stereocenters. The maximum atomic E-state index is 14.5. The van der Waals surface area contributed by atoms with E-state index < -0.39 is 332 Å². The minimum absolute atomic E-state index is 0.314. The maximum absolute atomic E-state index is 14.5. The minimum atomic E-state index is -2.52. The van der Waals surface area contributed by atoms with Gasteiger partial charge in [-0.2, -0.15) is 0 Å². The van der Waals surface area contributed by atoms with Gasteiger partial charge in [0.25, 0.3) is 0 Å². The van der Waals surface area contributed by atoms with Crippen LogP contribution < -0.4 is 16.0 Å². The lowest BCUT2D eigenvalue weighted by Gasteiger charge is -2.49. The Kier molecular flexibility index (Phi) is 45.2. The number of carboxylic acids is 12. The number of carbonyl (C=O) groups excluding carboxylic acids is 3. The molecule has 0 saturated carbocycles. The van der Waals surface area contributed by atoms with Crippen LogP contribution >= 0.6 is 0 Å². The Morgan fingerprint density at radius 2 is 0.580 bits per heavy atom. The molecule has 0 unspecified atom stereocenters. The zero-order chi connectivity index (χ0) is 84.8. The van der Waals surface area contributed by atoms with Crippen molar-refractivity contribution in [1.82, 2.24) is 60.0 Å². The van der Waals surface area contributed by atoms with E-state index in [0.29, 0.717) is 0 Å². The van der Waals surface area contributed by atoms with Gasteiger partial charge in [0.05, 0.1) is 131 Å². The Balaban J connectivity index is 2.78. The Labute approximate surface area is 634 Å². The van der Waals surface area contributed by atoms with Crippen LogP contribution in [0.2, 0.25) is 0 Å². The Hall–Kier alpha value is -8.83. The van der Waals surface area contributed by atoms with Crippen molar-refractivity contribution in [2.75, 3.05) is 203 Å². The summed E-state index contributed by atoms with van der Waals surface area (Å²) in [5, 5.41) is 222. The van der Waals surface area contributed by atoms with E-state index >= 15 is 0 Å². The highest BCUT2D eigenvalue weighted by atomic mass is 16.7. The fraction of sp³-hybridized carbons (Fsp3) is 0.750. The fourth-order valence-corrected chi connectivity index (χ4v) is 11.5. The highest BCUT2D eigenvalue weighted by Gasteiger charge is 2.54. The molecule has 2 heterocycles. The normalized spacial score (nSPS) is 21.1. The number of ether oxygens (including phenoxy) is 4. The zero-order valence-electron chi connectivity index (χ0n) is 60.2. The number of hydrogen-bond acceptors (Lipinski definition) is 37. The number of carbonyl (C=O) groups is 15. The van der Waals surface area contributed by atoms with Crippen LogP contribution in [0.5, 0.6) is 0 Å². The molecule has 52 nitrogen and oxygen atoms in total. The number of hydrogen-bond donors (Lipinski definition) is 24. The minimum Gasteiger partial charge on any atom is -0.480 e. The standard InChI is InChI=1S/C60H100N12O40/c73-28-32(61-36(78)13-67(19-42(87)88)7-1-64(16-39(81)82)4-10-70(22-45(93)94)23-46(95)96)53(105)57(33(77)29-74)111-60-52(63-38(80)15-69(21-44(91)92)9-3-66(18-41(85)86)6-12-72(26-49(101)102)27-50(103)104)56(108)58(35(31-76)110-60)112-59-51(55(107)54(106)34(30-75)109-59)62-37(79)14-68(20-43(89)90)8-2-65(17-40(83)84)5-11-71(24-47(97)98)25-48(99)100/h32-35,51-60,73-77,105-108H,1-31H2,(H,61,78)(H,62,79)(H,63,80)(H,81,82)(H,83,84)(H,85,86)(H,87,88)(H,89,90)(H,91,92)(H,93,94)(H,95,96)(H,97,98)(H,99,100)(H,101,102)(H,103,104)/t32-,33-,34-,35-,51-,52-,53-,54-,55-,56-,57-,58-,59+,60-/m1/s1. The third kappa shape index (κ3) is 39.1. The summed E-state index contributed by atoms with van der Waals surface area (Å²) in [7, 11) is 0. The van der Waals surface area contributed by atoms with E-state index in [1.165, 1.54) is 0 Å². The van der Waals surface area contributed by atoms with Gasteiger partial charge in [0.2, 0.25) is 17.7 Å². The van der Waals surface area contributed by atoms with Gasteiger partial charge in [-0.05, 0) is 0 Å².